The number of nitrogen functional groups attached to an aromatic ring is 1. The maximum atomic E-state index is 5.95. The number of methoxy groups -OCH3 is 1. The molecule has 1 aliphatic heterocycles. The van der Waals surface area contributed by atoms with Crippen LogP contribution in [0.15, 0.2) is 18.2 Å². The normalized spacial score (nSPS) is 17.3. The second kappa shape index (κ2) is 5.18. The summed E-state index contributed by atoms with van der Waals surface area (Å²) in [6.07, 6.45) is 0. The van der Waals surface area contributed by atoms with Gasteiger partial charge in [0.05, 0.1) is 20.3 Å². The molecular weight excluding hydrogens is 204 g/mol. The minimum absolute atomic E-state index is 0.809. The number of morpholine rings is 1. The number of ether oxygens (including phenoxy) is 2. The highest BCUT2D eigenvalue weighted by atomic mass is 16.5. The second-order valence-corrected chi connectivity index (χ2v) is 3.95. The zero-order chi connectivity index (χ0) is 11.4. The molecule has 0 aromatic heterocycles. The minimum atomic E-state index is 0.809. The Morgan fingerprint density at radius 3 is 2.81 bits per heavy atom. The molecule has 0 unspecified atom stereocenters. The fourth-order valence-corrected chi connectivity index (χ4v) is 1.85. The first-order valence-electron chi connectivity index (χ1n) is 5.52. The summed E-state index contributed by atoms with van der Waals surface area (Å²) in [5, 5.41) is 0. The average Bonchev–Trinajstić information content (AvgIpc) is 2.33. The third-order valence-electron chi connectivity index (χ3n) is 2.85. The predicted molar refractivity (Wildman–Crippen MR) is 63.5 cm³/mol. The Morgan fingerprint density at radius 1 is 1.38 bits per heavy atom. The van der Waals surface area contributed by atoms with E-state index in [4.69, 9.17) is 15.2 Å². The van der Waals surface area contributed by atoms with E-state index in [-0.39, 0.29) is 0 Å². The molecular formula is C12H18N2O2. The van der Waals surface area contributed by atoms with Crippen molar-refractivity contribution in [3.05, 3.63) is 23.8 Å². The van der Waals surface area contributed by atoms with Crippen molar-refractivity contribution < 1.29 is 9.47 Å². The summed E-state index contributed by atoms with van der Waals surface area (Å²) < 4.78 is 10.5. The molecule has 0 atom stereocenters. The number of nitrogens with zero attached hydrogens (tertiary/aromatic N) is 1. The maximum Gasteiger partial charge on any atom is 0.119 e. The molecule has 1 saturated heterocycles. The monoisotopic (exact) mass is 222 g/mol. The topological polar surface area (TPSA) is 47.7 Å². The second-order valence-electron chi connectivity index (χ2n) is 3.95. The van der Waals surface area contributed by atoms with Crippen LogP contribution in [0.4, 0.5) is 5.69 Å². The number of hydrogen-bond acceptors (Lipinski definition) is 4. The summed E-state index contributed by atoms with van der Waals surface area (Å²) in [4.78, 5) is 2.34. The molecule has 1 aromatic rings. The number of anilines is 1. The number of hydrogen-bond donors (Lipinski definition) is 1. The molecule has 16 heavy (non-hydrogen) atoms. The van der Waals surface area contributed by atoms with Crippen molar-refractivity contribution in [1.82, 2.24) is 4.90 Å². The summed E-state index contributed by atoms with van der Waals surface area (Å²) >= 11 is 0. The highest BCUT2D eigenvalue weighted by molar-refractivity contribution is 5.50. The standard InChI is InChI=1S/C12H18N2O2/c1-15-11-2-3-12(13)10(8-11)9-14-4-6-16-7-5-14/h2-3,8H,4-7,9,13H2,1H3. The van der Waals surface area contributed by atoms with Crippen LogP contribution >= 0.6 is 0 Å². The zero-order valence-corrected chi connectivity index (χ0v) is 9.61. The van der Waals surface area contributed by atoms with Crippen molar-refractivity contribution in [3.63, 3.8) is 0 Å². The SMILES string of the molecule is COc1ccc(N)c(CN2CCOCC2)c1. The molecule has 1 aromatic carbocycles. The number of nitrogens with two attached hydrogens (primary N) is 1. The van der Waals surface area contributed by atoms with E-state index in [9.17, 15) is 0 Å². The van der Waals surface area contributed by atoms with E-state index in [2.05, 4.69) is 4.90 Å². The molecule has 0 saturated carbocycles. The molecule has 2 N–H and O–H groups in total. The molecule has 0 bridgehead atoms. The van der Waals surface area contributed by atoms with Gasteiger partial charge in [-0.15, -0.1) is 0 Å². The maximum absolute atomic E-state index is 5.95. The van der Waals surface area contributed by atoms with Crippen LogP contribution in [0.2, 0.25) is 0 Å². The first-order valence-corrected chi connectivity index (χ1v) is 5.52. The van der Waals surface area contributed by atoms with Crippen molar-refractivity contribution in [2.24, 2.45) is 0 Å². The summed E-state index contributed by atoms with van der Waals surface area (Å²) in [6, 6.07) is 5.79. The Kier molecular flexibility index (Phi) is 3.64. The van der Waals surface area contributed by atoms with Gasteiger partial charge in [0, 0.05) is 25.3 Å². The number of rotatable bonds is 3. The van der Waals surface area contributed by atoms with Gasteiger partial charge in [0.2, 0.25) is 0 Å². The van der Waals surface area contributed by atoms with Gasteiger partial charge in [-0.25, -0.2) is 0 Å². The molecule has 88 valence electrons. The smallest absolute Gasteiger partial charge is 0.119 e. The molecule has 2 rings (SSSR count). The Balaban J connectivity index is 2.06. The lowest BCUT2D eigenvalue weighted by Crippen LogP contribution is -2.35. The van der Waals surface area contributed by atoms with Crippen LogP contribution in [0.5, 0.6) is 5.75 Å². The van der Waals surface area contributed by atoms with Gasteiger partial charge in [0.15, 0.2) is 0 Å². The first-order chi connectivity index (χ1) is 7.79. The van der Waals surface area contributed by atoms with Gasteiger partial charge in [0.1, 0.15) is 5.75 Å². The van der Waals surface area contributed by atoms with Crippen LogP contribution in [-0.4, -0.2) is 38.3 Å². The first kappa shape index (κ1) is 11.2. The molecule has 0 amide bonds. The lowest BCUT2D eigenvalue weighted by Gasteiger charge is -2.27. The van der Waals surface area contributed by atoms with E-state index in [0.717, 1.165) is 49.8 Å². The molecule has 4 heteroatoms. The van der Waals surface area contributed by atoms with Crippen LogP contribution in [-0.2, 0) is 11.3 Å². The number of benzene rings is 1. The van der Waals surface area contributed by atoms with Crippen LogP contribution in [0.25, 0.3) is 0 Å². The van der Waals surface area contributed by atoms with Crippen molar-refractivity contribution >= 4 is 5.69 Å². The van der Waals surface area contributed by atoms with E-state index in [1.807, 2.05) is 18.2 Å². The zero-order valence-electron chi connectivity index (χ0n) is 9.61. The molecule has 0 radical (unpaired) electrons. The average molecular weight is 222 g/mol. The summed E-state index contributed by atoms with van der Waals surface area (Å²) in [5.74, 6) is 0.859. The molecule has 0 spiro atoms. The van der Waals surface area contributed by atoms with E-state index < -0.39 is 0 Å². The highest BCUT2D eigenvalue weighted by Crippen LogP contribution is 2.21. The van der Waals surface area contributed by atoms with Crippen molar-refractivity contribution in [2.45, 2.75) is 6.54 Å². The van der Waals surface area contributed by atoms with E-state index in [1.54, 1.807) is 7.11 Å². The molecule has 0 aliphatic carbocycles. The van der Waals surface area contributed by atoms with Gasteiger partial charge in [-0.1, -0.05) is 0 Å². The van der Waals surface area contributed by atoms with E-state index in [0.29, 0.717) is 0 Å². The van der Waals surface area contributed by atoms with Gasteiger partial charge in [-0.05, 0) is 23.8 Å². The highest BCUT2D eigenvalue weighted by Gasteiger charge is 2.12. The fourth-order valence-electron chi connectivity index (χ4n) is 1.85. The van der Waals surface area contributed by atoms with Gasteiger partial charge in [-0.2, -0.15) is 0 Å². The molecule has 1 fully saturated rings. The van der Waals surface area contributed by atoms with Crippen LogP contribution in [0, 0.1) is 0 Å². The van der Waals surface area contributed by atoms with E-state index in [1.165, 1.54) is 0 Å². The summed E-state index contributed by atoms with van der Waals surface area (Å²) in [5.41, 5.74) is 7.90. The lowest BCUT2D eigenvalue weighted by molar-refractivity contribution is 0.0342. The predicted octanol–water partition coefficient (Wildman–Crippen LogP) is 1.11. The van der Waals surface area contributed by atoms with E-state index >= 15 is 0 Å². The van der Waals surface area contributed by atoms with Crippen molar-refractivity contribution in [1.29, 1.82) is 0 Å². The molecule has 1 aliphatic rings. The van der Waals surface area contributed by atoms with Gasteiger partial charge in [0.25, 0.3) is 0 Å². The largest absolute Gasteiger partial charge is 0.497 e. The Morgan fingerprint density at radius 2 is 2.12 bits per heavy atom. The van der Waals surface area contributed by atoms with Crippen LogP contribution < -0.4 is 10.5 Å². The molecule has 1 heterocycles. The van der Waals surface area contributed by atoms with Crippen molar-refractivity contribution in [3.8, 4) is 5.75 Å². The third-order valence-corrected chi connectivity index (χ3v) is 2.85. The minimum Gasteiger partial charge on any atom is -0.497 e. The Hall–Kier alpha value is -1.26. The van der Waals surface area contributed by atoms with Gasteiger partial charge >= 0.3 is 0 Å². The Labute approximate surface area is 95.9 Å². The molecule has 4 nitrogen and oxygen atoms in total. The quantitative estimate of drug-likeness (QED) is 0.778. The van der Waals surface area contributed by atoms with Crippen LogP contribution in [0.3, 0.4) is 0 Å². The third kappa shape index (κ3) is 2.65. The summed E-state index contributed by atoms with van der Waals surface area (Å²) in [6.45, 7) is 4.42. The Bertz CT molecular complexity index is 349. The van der Waals surface area contributed by atoms with Crippen LogP contribution in [0.1, 0.15) is 5.56 Å². The van der Waals surface area contributed by atoms with Crippen molar-refractivity contribution in [2.75, 3.05) is 39.1 Å². The van der Waals surface area contributed by atoms with Gasteiger partial charge in [-0.3, -0.25) is 4.90 Å². The fraction of sp³-hybridized carbons (Fsp3) is 0.500. The summed E-state index contributed by atoms with van der Waals surface area (Å²) in [7, 11) is 1.67. The lowest BCUT2D eigenvalue weighted by atomic mass is 10.1. The van der Waals surface area contributed by atoms with Gasteiger partial charge < -0.3 is 15.2 Å².